The summed E-state index contributed by atoms with van der Waals surface area (Å²) in [5, 5.41) is 2.93. The third-order valence-corrected chi connectivity index (χ3v) is 6.68. The normalized spacial score (nSPS) is 11.0. The lowest BCUT2D eigenvalue weighted by atomic mass is 10.1. The second kappa shape index (κ2) is 7.88. The van der Waals surface area contributed by atoms with Crippen molar-refractivity contribution in [2.24, 2.45) is 0 Å². The monoisotopic (exact) mass is 459 g/mol. The molecule has 4 aromatic rings. The lowest BCUT2D eigenvalue weighted by Gasteiger charge is -2.06. The number of hydrogen-bond acceptors (Lipinski definition) is 6. The molecule has 0 aliphatic rings. The van der Waals surface area contributed by atoms with Gasteiger partial charge in [0.25, 0.3) is 0 Å². The minimum atomic E-state index is -0.510. The van der Waals surface area contributed by atoms with Gasteiger partial charge in [-0.2, -0.15) is 0 Å². The summed E-state index contributed by atoms with van der Waals surface area (Å²) in [5.74, 6) is 0.749. The summed E-state index contributed by atoms with van der Waals surface area (Å²) in [7, 11) is 0. The molecule has 0 fully saturated rings. The van der Waals surface area contributed by atoms with Gasteiger partial charge in [0.05, 0.1) is 4.47 Å². The molecule has 0 atom stereocenters. The number of fused-ring (bicyclic) bond motifs is 1. The maximum Gasteiger partial charge on any atom is 0.380 e. The number of ether oxygens (including phenoxy) is 1. The quantitative estimate of drug-likeness (QED) is 0.194. The molecule has 4 nitrogen and oxygen atoms in total. The van der Waals surface area contributed by atoms with Crippen molar-refractivity contribution in [3.05, 3.63) is 75.4 Å². The van der Waals surface area contributed by atoms with E-state index in [-0.39, 0.29) is 5.76 Å². The van der Waals surface area contributed by atoms with Crippen LogP contribution in [0.5, 0.6) is 5.75 Å². The van der Waals surface area contributed by atoms with Crippen LogP contribution >= 0.6 is 39.0 Å². The second-order valence-electron chi connectivity index (χ2n) is 5.77. The maximum atomic E-state index is 12.8. The summed E-state index contributed by atoms with van der Waals surface area (Å²) in [4.78, 5) is 17.3. The first-order valence-corrected chi connectivity index (χ1v) is 10.8. The summed E-state index contributed by atoms with van der Waals surface area (Å²) in [6, 6.07) is 14.9. The van der Waals surface area contributed by atoms with Crippen LogP contribution in [0.25, 0.3) is 11.0 Å². The number of aryl methyl sites for hydroxylation is 1. The highest BCUT2D eigenvalue weighted by Crippen LogP contribution is 2.34. The zero-order valence-electron chi connectivity index (χ0n) is 14.3. The van der Waals surface area contributed by atoms with Gasteiger partial charge in [-0.1, -0.05) is 42.1 Å². The zero-order valence-corrected chi connectivity index (χ0v) is 17.5. The van der Waals surface area contributed by atoms with Crippen LogP contribution in [-0.2, 0) is 5.75 Å². The molecule has 2 aromatic carbocycles. The molecule has 136 valence electrons. The van der Waals surface area contributed by atoms with Crippen molar-refractivity contribution in [1.82, 2.24) is 4.98 Å². The largest absolute Gasteiger partial charge is 0.449 e. The van der Waals surface area contributed by atoms with Crippen LogP contribution in [0.4, 0.5) is 0 Å². The van der Waals surface area contributed by atoms with Crippen LogP contribution < -0.4 is 4.74 Å². The Hall–Kier alpha value is -2.09. The number of hydrogen-bond donors (Lipinski definition) is 0. The molecule has 27 heavy (non-hydrogen) atoms. The molecule has 4 rings (SSSR count). The Morgan fingerprint density at radius 3 is 2.78 bits per heavy atom. The van der Waals surface area contributed by atoms with Crippen molar-refractivity contribution in [2.75, 3.05) is 0 Å². The van der Waals surface area contributed by atoms with Gasteiger partial charge < -0.3 is 9.15 Å². The fourth-order valence-electron chi connectivity index (χ4n) is 2.61. The Morgan fingerprint density at radius 1 is 1.22 bits per heavy atom. The standard InChI is InChI=1S/C20H14BrNO3S2/c1-12-10-26-20(22-12)27-11-14-13-6-2-4-8-16(13)24-18(14)19(23)25-17-9-5-3-7-15(17)21/h2-10H,11H2,1H3. The van der Waals surface area contributed by atoms with E-state index in [2.05, 4.69) is 20.9 Å². The molecule has 2 aromatic heterocycles. The Balaban J connectivity index is 1.66. The first-order chi connectivity index (χ1) is 13.1. The fourth-order valence-corrected chi connectivity index (χ4v) is 4.86. The van der Waals surface area contributed by atoms with E-state index in [0.717, 1.165) is 21.0 Å². The van der Waals surface area contributed by atoms with Gasteiger partial charge in [0.15, 0.2) is 0 Å². The lowest BCUT2D eigenvalue weighted by Crippen LogP contribution is -2.09. The lowest BCUT2D eigenvalue weighted by molar-refractivity contribution is 0.0701. The molecule has 0 aliphatic carbocycles. The van der Waals surface area contributed by atoms with Crippen LogP contribution in [-0.4, -0.2) is 11.0 Å². The molecular formula is C20H14BrNO3S2. The van der Waals surface area contributed by atoms with E-state index in [1.807, 2.05) is 54.8 Å². The highest BCUT2D eigenvalue weighted by molar-refractivity contribution is 9.10. The highest BCUT2D eigenvalue weighted by atomic mass is 79.9. The number of rotatable bonds is 5. The smallest absolute Gasteiger partial charge is 0.380 e. The molecule has 0 unspecified atom stereocenters. The minimum Gasteiger partial charge on any atom is -0.449 e. The van der Waals surface area contributed by atoms with Gasteiger partial charge in [0.2, 0.25) is 5.76 Å². The number of nitrogens with zero attached hydrogens (tertiary/aromatic N) is 1. The van der Waals surface area contributed by atoms with E-state index < -0.39 is 5.97 Å². The average molecular weight is 460 g/mol. The number of thiazole rings is 1. The summed E-state index contributed by atoms with van der Waals surface area (Å²) in [5.41, 5.74) is 2.48. The van der Waals surface area contributed by atoms with Gasteiger partial charge in [-0.25, -0.2) is 9.78 Å². The molecule has 0 bridgehead atoms. The van der Waals surface area contributed by atoms with E-state index in [0.29, 0.717) is 21.6 Å². The number of esters is 1. The van der Waals surface area contributed by atoms with Crippen molar-refractivity contribution >= 4 is 56.0 Å². The molecule has 0 saturated carbocycles. The van der Waals surface area contributed by atoms with Gasteiger partial charge in [0, 0.05) is 27.8 Å². The van der Waals surface area contributed by atoms with E-state index in [1.54, 1.807) is 29.2 Å². The summed E-state index contributed by atoms with van der Waals surface area (Å²) in [6.07, 6.45) is 0. The van der Waals surface area contributed by atoms with Gasteiger partial charge in [-0.05, 0) is 41.1 Å². The van der Waals surface area contributed by atoms with E-state index in [1.165, 1.54) is 0 Å². The third-order valence-electron chi connectivity index (χ3n) is 3.86. The minimum absolute atomic E-state index is 0.229. The molecule has 0 radical (unpaired) electrons. The van der Waals surface area contributed by atoms with Crippen LogP contribution in [0.15, 0.2) is 67.1 Å². The van der Waals surface area contributed by atoms with Crippen molar-refractivity contribution in [3.8, 4) is 5.75 Å². The Kier molecular flexibility index (Phi) is 5.33. The Bertz CT molecular complexity index is 1120. The van der Waals surface area contributed by atoms with Crippen molar-refractivity contribution in [2.45, 2.75) is 17.0 Å². The average Bonchev–Trinajstić information content (AvgIpc) is 3.25. The van der Waals surface area contributed by atoms with Gasteiger partial charge >= 0.3 is 5.97 Å². The van der Waals surface area contributed by atoms with Gasteiger partial charge in [-0.15, -0.1) is 11.3 Å². The summed E-state index contributed by atoms with van der Waals surface area (Å²) < 4.78 is 13.1. The molecule has 7 heteroatoms. The number of thioether (sulfide) groups is 1. The number of benzene rings is 2. The maximum absolute atomic E-state index is 12.8. The molecular weight excluding hydrogens is 446 g/mol. The predicted molar refractivity (Wildman–Crippen MR) is 112 cm³/mol. The fraction of sp³-hybridized carbons (Fsp3) is 0.100. The van der Waals surface area contributed by atoms with Crippen LogP contribution in [0, 0.1) is 6.92 Å². The number of carbonyl (C=O) groups is 1. The second-order valence-corrected chi connectivity index (χ2v) is 8.70. The molecule has 2 heterocycles. The number of aromatic nitrogens is 1. The number of furan rings is 1. The van der Waals surface area contributed by atoms with Crippen LogP contribution in [0.2, 0.25) is 0 Å². The number of carbonyl (C=O) groups excluding carboxylic acids is 1. The van der Waals surface area contributed by atoms with Crippen LogP contribution in [0.3, 0.4) is 0 Å². The summed E-state index contributed by atoms with van der Waals surface area (Å²) in [6.45, 7) is 1.97. The third kappa shape index (κ3) is 3.95. The molecule has 0 N–H and O–H groups in total. The SMILES string of the molecule is Cc1csc(SCc2c(C(=O)Oc3ccccc3Br)oc3ccccc23)n1. The molecule has 0 amide bonds. The number of para-hydroxylation sites is 2. The summed E-state index contributed by atoms with van der Waals surface area (Å²) >= 11 is 6.58. The van der Waals surface area contributed by atoms with Gasteiger partial charge in [0.1, 0.15) is 15.7 Å². The highest BCUT2D eigenvalue weighted by Gasteiger charge is 2.23. The molecule has 0 aliphatic heterocycles. The first-order valence-electron chi connectivity index (χ1n) is 8.14. The van der Waals surface area contributed by atoms with Crippen molar-refractivity contribution < 1.29 is 13.9 Å². The van der Waals surface area contributed by atoms with Crippen molar-refractivity contribution in [3.63, 3.8) is 0 Å². The van der Waals surface area contributed by atoms with E-state index in [9.17, 15) is 4.79 Å². The van der Waals surface area contributed by atoms with Crippen LogP contribution in [0.1, 0.15) is 21.8 Å². The Morgan fingerprint density at radius 2 is 2.00 bits per heavy atom. The Labute approximate surface area is 172 Å². The zero-order chi connectivity index (χ0) is 18.8. The van der Waals surface area contributed by atoms with E-state index in [4.69, 9.17) is 9.15 Å². The topological polar surface area (TPSA) is 52.3 Å². The van der Waals surface area contributed by atoms with Crippen molar-refractivity contribution in [1.29, 1.82) is 0 Å². The molecule has 0 spiro atoms. The molecule has 0 saturated heterocycles. The van der Waals surface area contributed by atoms with E-state index >= 15 is 0 Å². The predicted octanol–water partition coefficient (Wildman–Crippen LogP) is 6.47. The van der Waals surface area contributed by atoms with Gasteiger partial charge in [-0.3, -0.25) is 0 Å². The first kappa shape index (κ1) is 18.3. The number of halogens is 1.